The SMILES string of the molecule is C[Si](C)(C)CCOCOc1ccc(Cl)c(Cl)c1[C@H]1CC(=S)N(c2cnn(C3CC3)c2)C1. The Hall–Kier alpha value is -1.12. The largest absolute Gasteiger partial charge is 0.467 e. The van der Waals surface area contributed by atoms with Gasteiger partial charge in [-0.15, -0.1) is 0 Å². The molecular weight excluding hydrogens is 469 g/mol. The second-order valence-electron chi connectivity index (χ2n) is 9.57. The van der Waals surface area contributed by atoms with E-state index in [1.54, 1.807) is 6.07 Å². The van der Waals surface area contributed by atoms with E-state index in [0.29, 0.717) is 28.4 Å². The molecule has 5 nitrogen and oxygen atoms in total. The fraction of sp³-hybridized carbons (Fsp3) is 0.545. The number of thiocarbonyl (C=S) groups is 1. The zero-order valence-electron chi connectivity index (χ0n) is 18.2. The Bertz CT molecular complexity index is 959. The molecule has 2 aliphatic rings. The zero-order chi connectivity index (χ0) is 22.2. The molecule has 0 bridgehead atoms. The average molecular weight is 499 g/mol. The molecule has 168 valence electrons. The predicted molar refractivity (Wildman–Crippen MR) is 134 cm³/mol. The highest BCUT2D eigenvalue weighted by molar-refractivity contribution is 7.80. The van der Waals surface area contributed by atoms with E-state index in [2.05, 4.69) is 35.8 Å². The number of aromatic nitrogens is 2. The van der Waals surface area contributed by atoms with Crippen molar-refractivity contribution >= 4 is 54.2 Å². The minimum absolute atomic E-state index is 0.0972. The normalized spacial score (nSPS) is 19.3. The van der Waals surface area contributed by atoms with E-state index in [1.807, 2.05) is 16.9 Å². The van der Waals surface area contributed by atoms with E-state index in [4.69, 9.17) is 44.9 Å². The molecule has 2 aromatic rings. The number of halogens is 2. The van der Waals surface area contributed by atoms with Crippen molar-refractivity contribution in [3.8, 4) is 5.75 Å². The van der Waals surface area contributed by atoms with Gasteiger partial charge in [-0.05, 0) is 31.0 Å². The molecule has 4 rings (SSSR count). The average Bonchev–Trinajstić information content (AvgIpc) is 3.31. The highest BCUT2D eigenvalue weighted by Gasteiger charge is 2.34. The van der Waals surface area contributed by atoms with Crippen LogP contribution < -0.4 is 9.64 Å². The third kappa shape index (κ3) is 5.63. The number of hydrogen-bond acceptors (Lipinski definition) is 4. The minimum atomic E-state index is -1.13. The van der Waals surface area contributed by atoms with E-state index < -0.39 is 8.07 Å². The van der Waals surface area contributed by atoms with Crippen molar-refractivity contribution in [2.75, 3.05) is 24.8 Å². The standard InChI is InChI=1S/C22H29Cl2N3O2SSi/c1-31(2,3)9-8-28-14-29-19-7-6-18(23)22(24)21(19)15-10-20(30)26(12-15)17-11-25-27(13-17)16-4-5-16/h6-7,11,13,15-16H,4-5,8-10,12,14H2,1-3H3/t15-/m0/s1. The van der Waals surface area contributed by atoms with Crippen LogP contribution >= 0.6 is 35.4 Å². The first kappa shape index (κ1) is 23.0. The molecule has 0 radical (unpaired) electrons. The van der Waals surface area contributed by atoms with Gasteiger partial charge in [0.15, 0.2) is 6.79 Å². The molecule has 0 N–H and O–H groups in total. The van der Waals surface area contributed by atoms with Crippen LogP contribution in [0.3, 0.4) is 0 Å². The molecule has 0 amide bonds. The molecule has 1 aromatic carbocycles. The van der Waals surface area contributed by atoms with Gasteiger partial charge in [0.1, 0.15) is 5.75 Å². The van der Waals surface area contributed by atoms with Crippen LogP contribution in [0.25, 0.3) is 0 Å². The highest BCUT2D eigenvalue weighted by atomic mass is 35.5. The summed E-state index contributed by atoms with van der Waals surface area (Å²) in [5, 5.41) is 5.56. The Balaban J connectivity index is 1.46. The summed E-state index contributed by atoms with van der Waals surface area (Å²) in [6, 6.07) is 5.30. The summed E-state index contributed by atoms with van der Waals surface area (Å²) in [5.74, 6) is 0.811. The van der Waals surface area contributed by atoms with Crippen molar-refractivity contribution in [1.29, 1.82) is 0 Å². The maximum Gasteiger partial charge on any atom is 0.189 e. The van der Waals surface area contributed by atoms with E-state index >= 15 is 0 Å². The lowest BCUT2D eigenvalue weighted by Gasteiger charge is -2.20. The molecule has 1 saturated carbocycles. The first-order chi connectivity index (χ1) is 14.7. The number of benzene rings is 1. The smallest absolute Gasteiger partial charge is 0.189 e. The predicted octanol–water partition coefficient (Wildman–Crippen LogP) is 6.54. The quantitative estimate of drug-likeness (QED) is 0.170. The second kappa shape index (κ2) is 9.39. The Morgan fingerprint density at radius 3 is 2.71 bits per heavy atom. The van der Waals surface area contributed by atoms with Crippen LogP contribution in [0.1, 0.15) is 36.8 Å². The van der Waals surface area contributed by atoms with Gasteiger partial charge in [-0.1, -0.05) is 55.1 Å². The lowest BCUT2D eigenvalue weighted by atomic mass is 9.97. The molecule has 0 spiro atoms. The van der Waals surface area contributed by atoms with Crippen LogP contribution in [-0.4, -0.2) is 42.8 Å². The number of rotatable bonds is 9. The van der Waals surface area contributed by atoms with E-state index in [9.17, 15) is 0 Å². The lowest BCUT2D eigenvalue weighted by molar-refractivity contribution is 0.0213. The molecule has 2 heterocycles. The molecule has 1 saturated heterocycles. The van der Waals surface area contributed by atoms with Gasteiger partial charge in [-0.25, -0.2) is 0 Å². The molecule has 2 fully saturated rings. The van der Waals surface area contributed by atoms with Gasteiger partial charge in [0.05, 0.1) is 33.0 Å². The van der Waals surface area contributed by atoms with Gasteiger partial charge in [0, 0.05) is 45.3 Å². The van der Waals surface area contributed by atoms with Gasteiger partial charge in [-0.3, -0.25) is 4.68 Å². The van der Waals surface area contributed by atoms with Gasteiger partial charge in [-0.2, -0.15) is 5.10 Å². The molecule has 31 heavy (non-hydrogen) atoms. The van der Waals surface area contributed by atoms with Gasteiger partial charge < -0.3 is 14.4 Å². The van der Waals surface area contributed by atoms with Crippen LogP contribution in [0, 0.1) is 0 Å². The molecular formula is C22H29Cl2N3O2SSi. The number of hydrogen-bond donors (Lipinski definition) is 0. The highest BCUT2D eigenvalue weighted by Crippen LogP contribution is 2.44. The third-order valence-corrected chi connectivity index (χ3v) is 8.65. The van der Waals surface area contributed by atoms with Gasteiger partial charge in [0.2, 0.25) is 0 Å². The Labute approximate surface area is 200 Å². The first-order valence-corrected chi connectivity index (χ1v) is 15.6. The minimum Gasteiger partial charge on any atom is -0.467 e. The van der Waals surface area contributed by atoms with Gasteiger partial charge in [0.25, 0.3) is 0 Å². The first-order valence-electron chi connectivity index (χ1n) is 10.8. The molecule has 9 heteroatoms. The molecule has 1 aromatic heterocycles. The van der Waals surface area contributed by atoms with Crippen molar-refractivity contribution in [1.82, 2.24) is 9.78 Å². The summed E-state index contributed by atoms with van der Waals surface area (Å²) >= 11 is 18.7. The number of anilines is 1. The monoisotopic (exact) mass is 497 g/mol. The van der Waals surface area contributed by atoms with Crippen molar-refractivity contribution < 1.29 is 9.47 Å². The Morgan fingerprint density at radius 1 is 1.23 bits per heavy atom. The van der Waals surface area contributed by atoms with Crippen LogP contribution in [-0.2, 0) is 4.74 Å². The van der Waals surface area contributed by atoms with E-state index in [1.165, 1.54) is 12.8 Å². The molecule has 1 atom stereocenters. The van der Waals surface area contributed by atoms with Gasteiger partial charge >= 0.3 is 0 Å². The van der Waals surface area contributed by atoms with Crippen molar-refractivity contribution in [2.24, 2.45) is 0 Å². The van der Waals surface area contributed by atoms with Crippen molar-refractivity contribution in [3.63, 3.8) is 0 Å². The van der Waals surface area contributed by atoms with Crippen LogP contribution in [0.2, 0.25) is 35.7 Å². The lowest BCUT2D eigenvalue weighted by Crippen LogP contribution is -2.23. The molecule has 0 unspecified atom stereocenters. The summed E-state index contributed by atoms with van der Waals surface area (Å²) < 4.78 is 13.8. The maximum absolute atomic E-state index is 6.65. The summed E-state index contributed by atoms with van der Waals surface area (Å²) in [7, 11) is -1.13. The van der Waals surface area contributed by atoms with Crippen LogP contribution in [0.15, 0.2) is 24.5 Å². The fourth-order valence-electron chi connectivity index (χ4n) is 3.75. The van der Waals surface area contributed by atoms with Crippen LogP contribution in [0.4, 0.5) is 5.69 Å². The summed E-state index contributed by atoms with van der Waals surface area (Å²) in [5.41, 5.74) is 1.94. The second-order valence-corrected chi connectivity index (χ2v) is 16.4. The molecule has 1 aliphatic carbocycles. The summed E-state index contributed by atoms with van der Waals surface area (Å²) in [4.78, 5) is 3.03. The maximum atomic E-state index is 6.65. The van der Waals surface area contributed by atoms with E-state index in [-0.39, 0.29) is 12.7 Å². The Kier molecular flexibility index (Phi) is 6.98. The zero-order valence-corrected chi connectivity index (χ0v) is 21.6. The van der Waals surface area contributed by atoms with E-state index in [0.717, 1.165) is 35.2 Å². The van der Waals surface area contributed by atoms with Crippen molar-refractivity contribution in [2.45, 2.75) is 56.9 Å². The third-order valence-electron chi connectivity index (χ3n) is 5.74. The topological polar surface area (TPSA) is 39.5 Å². The number of ether oxygens (including phenoxy) is 2. The van der Waals surface area contributed by atoms with Crippen molar-refractivity contribution in [3.05, 3.63) is 40.1 Å². The summed E-state index contributed by atoms with van der Waals surface area (Å²) in [6.45, 7) is 8.62. The number of nitrogens with zero attached hydrogens (tertiary/aromatic N) is 3. The fourth-order valence-corrected chi connectivity index (χ4v) is 5.37. The molecule has 1 aliphatic heterocycles. The van der Waals surface area contributed by atoms with Crippen LogP contribution in [0.5, 0.6) is 5.75 Å². The summed E-state index contributed by atoms with van der Waals surface area (Å²) in [6.07, 6.45) is 7.11. The Morgan fingerprint density at radius 2 is 2.00 bits per heavy atom.